The lowest BCUT2D eigenvalue weighted by molar-refractivity contribution is 0.0948. The predicted octanol–water partition coefficient (Wildman–Crippen LogP) is 5.18. The average Bonchev–Trinajstić information content (AvgIpc) is 3.20. The molecule has 0 unspecified atom stereocenters. The highest BCUT2D eigenvalue weighted by Gasteiger charge is 2.19. The van der Waals surface area contributed by atoms with E-state index in [0.717, 1.165) is 12.0 Å². The van der Waals surface area contributed by atoms with Crippen molar-refractivity contribution in [3.63, 3.8) is 0 Å². The molecule has 0 spiro atoms. The molecule has 0 fully saturated rings. The summed E-state index contributed by atoms with van der Waals surface area (Å²) in [5.41, 5.74) is 1.76. The summed E-state index contributed by atoms with van der Waals surface area (Å²) in [5.74, 6) is -0.173. The fourth-order valence-corrected chi connectivity index (χ4v) is 3.38. The number of aryl methyl sites for hydroxylation is 1. The molecule has 0 aliphatic rings. The number of amides is 2. The van der Waals surface area contributed by atoms with Gasteiger partial charge < -0.3 is 15.4 Å². The third-order valence-corrected chi connectivity index (χ3v) is 5.09. The first-order valence-corrected chi connectivity index (χ1v) is 11.0. The van der Waals surface area contributed by atoms with Crippen LogP contribution in [0.25, 0.3) is 0 Å². The second-order valence-electron chi connectivity index (χ2n) is 7.02. The molecule has 2 amide bonds. The molecular formula is C23H24Cl2N4O3. The highest BCUT2D eigenvalue weighted by molar-refractivity contribution is 6.35. The minimum Gasteiger partial charge on any atom is -0.487 e. The largest absolute Gasteiger partial charge is 0.487 e. The molecule has 3 aromatic rings. The molecule has 7 nitrogen and oxygen atoms in total. The van der Waals surface area contributed by atoms with Crippen LogP contribution in [0.4, 0.5) is 5.69 Å². The number of rotatable bonds is 9. The number of carbonyl (C=O) groups is 2. The van der Waals surface area contributed by atoms with Gasteiger partial charge in [0.05, 0.1) is 10.7 Å². The van der Waals surface area contributed by atoms with E-state index >= 15 is 0 Å². The molecule has 168 valence electrons. The van der Waals surface area contributed by atoms with E-state index in [1.54, 1.807) is 47.3 Å². The van der Waals surface area contributed by atoms with Crippen molar-refractivity contribution < 1.29 is 14.3 Å². The zero-order chi connectivity index (χ0) is 23.1. The Bertz CT molecular complexity index is 1110. The van der Waals surface area contributed by atoms with Gasteiger partial charge >= 0.3 is 0 Å². The topological polar surface area (TPSA) is 85.3 Å². The SMILES string of the molecule is CCCNC(=O)c1nn(CC)cc1NC(=O)c1cccc(COc2ccc(Cl)cc2Cl)c1. The number of anilines is 1. The van der Waals surface area contributed by atoms with Crippen LogP contribution in [0.3, 0.4) is 0 Å². The number of halogens is 2. The van der Waals surface area contributed by atoms with E-state index in [0.29, 0.717) is 40.1 Å². The Hall–Kier alpha value is -3.03. The monoisotopic (exact) mass is 474 g/mol. The van der Waals surface area contributed by atoms with E-state index in [1.165, 1.54) is 0 Å². The third-order valence-electron chi connectivity index (χ3n) is 4.56. The first-order chi connectivity index (χ1) is 15.4. The second kappa shape index (κ2) is 11.0. The van der Waals surface area contributed by atoms with Gasteiger partial charge in [-0.2, -0.15) is 5.10 Å². The average molecular weight is 475 g/mol. The van der Waals surface area contributed by atoms with Gasteiger partial charge in [-0.3, -0.25) is 14.3 Å². The van der Waals surface area contributed by atoms with E-state index in [1.807, 2.05) is 19.9 Å². The highest BCUT2D eigenvalue weighted by atomic mass is 35.5. The minimum absolute atomic E-state index is 0.186. The van der Waals surface area contributed by atoms with Crippen molar-refractivity contribution in [2.24, 2.45) is 0 Å². The Morgan fingerprint density at radius 2 is 1.91 bits per heavy atom. The third kappa shape index (κ3) is 6.02. The smallest absolute Gasteiger partial charge is 0.273 e. The standard InChI is InChI=1S/C23H24Cl2N4O3/c1-3-10-26-23(31)21-19(13-29(4-2)28-21)27-22(30)16-7-5-6-15(11-16)14-32-20-9-8-17(24)12-18(20)25/h5-9,11-13H,3-4,10,14H2,1-2H3,(H,26,31)(H,27,30). The molecule has 2 N–H and O–H groups in total. The summed E-state index contributed by atoms with van der Waals surface area (Å²) >= 11 is 12.0. The number of hydrogen-bond donors (Lipinski definition) is 2. The molecule has 2 aromatic carbocycles. The Balaban J connectivity index is 1.72. The molecule has 0 radical (unpaired) electrons. The van der Waals surface area contributed by atoms with Gasteiger partial charge in [-0.15, -0.1) is 0 Å². The summed E-state index contributed by atoms with van der Waals surface area (Å²) in [7, 11) is 0. The zero-order valence-corrected chi connectivity index (χ0v) is 19.3. The molecule has 1 heterocycles. The molecule has 3 rings (SSSR count). The predicted molar refractivity (Wildman–Crippen MR) is 126 cm³/mol. The van der Waals surface area contributed by atoms with Crippen molar-refractivity contribution in [3.8, 4) is 5.75 Å². The van der Waals surface area contributed by atoms with Gasteiger partial charge in [0.1, 0.15) is 12.4 Å². The number of carbonyl (C=O) groups excluding carboxylic acids is 2. The lowest BCUT2D eigenvalue weighted by Crippen LogP contribution is -2.26. The van der Waals surface area contributed by atoms with Gasteiger partial charge in [-0.1, -0.05) is 42.3 Å². The fourth-order valence-electron chi connectivity index (χ4n) is 2.91. The van der Waals surface area contributed by atoms with E-state index in [9.17, 15) is 9.59 Å². The number of ether oxygens (including phenoxy) is 1. The molecular weight excluding hydrogens is 451 g/mol. The Labute approximate surface area is 196 Å². The van der Waals surface area contributed by atoms with Gasteiger partial charge in [0.15, 0.2) is 5.69 Å². The van der Waals surface area contributed by atoms with Crippen LogP contribution in [-0.4, -0.2) is 28.1 Å². The van der Waals surface area contributed by atoms with Gasteiger partial charge in [0.25, 0.3) is 11.8 Å². The van der Waals surface area contributed by atoms with Crippen LogP contribution in [0.1, 0.15) is 46.7 Å². The van der Waals surface area contributed by atoms with Crippen molar-refractivity contribution in [1.82, 2.24) is 15.1 Å². The number of nitrogens with zero attached hydrogens (tertiary/aromatic N) is 2. The van der Waals surface area contributed by atoms with E-state index < -0.39 is 0 Å². The van der Waals surface area contributed by atoms with Crippen LogP contribution >= 0.6 is 23.2 Å². The quantitative estimate of drug-likeness (QED) is 0.447. The maximum atomic E-state index is 12.9. The van der Waals surface area contributed by atoms with Crippen LogP contribution in [0.15, 0.2) is 48.7 Å². The lowest BCUT2D eigenvalue weighted by atomic mass is 10.1. The van der Waals surface area contributed by atoms with Crippen molar-refractivity contribution in [3.05, 3.63) is 75.5 Å². The normalized spacial score (nSPS) is 10.6. The zero-order valence-electron chi connectivity index (χ0n) is 17.8. The molecule has 0 saturated heterocycles. The van der Waals surface area contributed by atoms with Crippen molar-refractivity contribution in [2.45, 2.75) is 33.4 Å². The number of hydrogen-bond acceptors (Lipinski definition) is 4. The van der Waals surface area contributed by atoms with Crippen molar-refractivity contribution >= 4 is 40.7 Å². The molecule has 0 atom stereocenters. The highest BCUT2D eigenvalue weighted by Crippen LogP contribution is 2.28. The van der Waals surface area contributed by atoms with E-state index in [2.05, 4.69) is 15.7 Å². The van der Waals surface area contributed by atoms with Crippen LogP contribution in [0, 0.1) is 0 Å². The van der Waals surface area contributed by atoms with Crippen LogP contribution < -0.4 is 15.4 Å². The van der Waals surface area contributed by atoms with Crippen LogP contribution in [-0.2, 0) is 13.2 Å². The minimum atomic E-state index is -0.350. The first-order valence-electron chi connectivity index (χ1n) is 10.2. The number of nitrogens with one attached hydrogen (secondary N) is 2. The molecule has 0 aliphatic heterocycles. The fraction of sp³-hybridized carbons (Fsp3) is 0.261. The summed E-state index contributed by atoms with van der Waals surface area (Å²) in [4.78, 5) is 25.3. The molecule has 32 heavy (non-hydrogen) atoms. The van der Waals surface area contributed by atoms with Gasteiger partial charge in [-0.05, 0) is 49.2 Å². The Kier molecular flexibility index (Phi) is 8.14. The number of aromatic nitrogens is 2. The summed E-state index contributed by atoms with van der Waals surface area (Å²) in [6.07, 6.45) is 2.45. The van der Waals surface area contributed by atoms with Crippen LogP contribution in [0.5, 0.6) is 5.75 Å². The molecule has 0 aliphatic carbocycles. The van der Waals surface area contributed by atoms with Crippen molar-refractivity contribution in [1.29, 1.82) is 0 Å². The van der Waals surface area contributed by atoms with Crippen molar-refractivity contribution in [2.75, 3.05) is 11.9 Å². The summed E-state index contributed by atoms with van der Waals surface area (Å²) in [6, 6.07) is 12.0. The molecule has 0 saturated carbocycles. The second-order valence-corrected chi connectivity index (χ2v) is 7.86. The number of benzene rings is 2. The van der Waals surface area contributed by atoms with E-state index in [-0.39, 0.29) is 24.1 Å². The summed E-state index contributed by atoms with van der Waals surface area (Å²) in [6.45, 7) is 5.20. The van der Waals surface area contributed by atoms with Gasteiger partial charge in [0, 0.05) is 29.9 Å². The molecule has 9 heteroatoms. The Morgan fingerprint density at radius 3 is 2.62 bits per heavy atom. The maximum absolute atomic E-state index is 12.9. The first kappa shape index (κ1) is 23.6. The van der Waals surface area contributed by atoms with Gasteiger partial charge in [0.2, 0.25) is 0 Å². The maximum Gasteiger partial charge on any atom is 0.273 e. The summed E-state index contributed by atoms with van der Waals surface area (Å²) in [5, 5.41) is 10.8. The molecule has 0 bridgehead atoms. The Morgan fingerprint density at radius 1 is 1.09 bits per heavy atom. The van der Waals surface area contributed by atoms with Crippen LogP contribution in [0.2, 0.25) is 10.0 Å². The summed E-state index contributed by atoms with van der Waals surface area (Å²) < 4.78 is 7.36. The van der Waals surface area contributed by atoms with E-state index in [4.69, 9.17) is 27.9 Å². The molecule has 1 aromatic heterocycles. The lowest BCUT2D eigenvalue weighted by Gasteiger charge is -2.10. The van der Waals surface area contributed by atoms with Gasteiger partial charge in [-0.25, -0.2) is 0 Å².